The summed E-state index contributed by atoms with van der Waals surface area (Å²) in [5, 5.41) is 12.0. The molecule has 0 radical (unpaired) electrons. The Balaban J connectivity index is 2.92. The van der Waals surface area contributed by atoms with Gasteiger partial charge in [0, 0.05) is 20.7 Å². The van der Waals surface area contributed by atoms with Crippen molar-refractivity contribution in [2.24, 2.45) is 0 Å². The van der Waals surface area contributed by atoms with Crippen LogP contribution in [0.5, 0.6) is 5.75 Å². The van der Waals surface area contributed by atoms with Gasteiger partial charge in [-0.15, -0.1) is 0 Å². The first-order valence-electron chi connectivity index (χ1n) is 8.13. The smallest absolute Gasteiger partial charge is 0.414 e. The van der Waals surface area contributed by atoms with Crippen LogP contribution in [-0.4, -0.2) is 48.5 Å². The normalized spacial score (nSPS) is 12.3. The van der Waals surface area contributed by atoms with Crippen LogP contribution >= 0.6 is 0 Å². The number of nitrogens with zero attached hydrogens (tertiary/aromatic N) is 1. The van der Waals surface area contributed by atoms with Gasteiger partial charge in [-0.2, -0.15) is 0 Å². The Labute approximate surface area is 148 Å². The molecule has 0 aromatic heterocycles. The highest BCUT2D eigenvalue weighted by atomic mass is 16.6. The fourth-order valence-corrected chi connectivity index (χ4v) is 2.09. The molecule has 0 aliphatic carbocycles. The molecule has 1 aromatic rings. The molecule has 2 amide bonds. The number of hydrogen-bond donors (Lipinski definition) is 2. The van der Waals surface area contributed by atoms with E-state index in [2.05, 4.69) is 5.32 Å². The number of rotatable bonds is 5. The average Bonchev–Trinajstić information content (AvgIpc) is 2.46. The van der Waals surface area contributed by atoms with Crippen LogP contribution in [0.2, 0.25) is 0 Å². The molecule has 7 heteroatoms. The predicted molar refractivity (Wildman–Crippen MR) is 94.7 cm³/mol. The lowest BCUT2D eigenvalue weighted by Gasteiger charge is -2.24. The second-order valence-electron chi connectivity index (χ2n) is 7.00. The first-order valence-corrected chi connectivity index (χ1v) is 8.13. The van der Waals surface area contributed by atoms with E-state index >= 15 is 0 Å². The van der Waals surface area contributed by atoms with Crippen molar-refractivity contribution < 1.29 is 24.2 Å². The van der Waals surface area contributed by atoms with E-state index in [4.69, 9.17) is 9.47 Å². The van der Waals surface area contributed by atoms with Crippen LogP contribution in [0.15, 0.2) is 18.2 Å². The van der Waals surface area contributed by atoms with Crippen molar-refractivity contribution in [2.45, 2.75) is 45.8 Å². The Morgan fingerprint density at radius 2 is 1.92 bits per heavy atom. The van der Waals surface area contributed by atoms with Crippen molar-refractivity contribution in [3.05, 3.63) is 29.3 Å². The van der Waals surface area contributed by atoms with Gasteiger partial charge >= 0.3 is 12.2 Å². The molecule has 140 valence electrons. The minimum atomic E-state index is -0.603. The predicted octanol–water partition coefficient (Wildman–Crippen LogP) is 3.00. The van der Waals surface area contributed by atoms with E-state index in [1.807, 2.05) is 13.0 Å². The molecular weight excluding hydrogens is 324 g/mol. The van der Waals surface area contributed by atoms with Crippen LogP contribution in [0, 0.1) is 6.92 Å². The molecule has 7 nitrogen and oxygen atoms in total. The van der Waals surface area contributed by atoms with Crippen LogP contribution < -0.4 is 10.1 Å². The summed E-state index contributed by atoms with van der Waals surface area (Å²) in [7, 11) is 3.21. The van der Waals surface area contributed by atoms with E-state index in [9.17, 15) is 14.7 Å². The summed E-state index contributed by atoms with van der Waals surface area (Å²) in [4.78, 5) is 25.0. The largest absolute Gasteiger partial charge is 0.444 e. The number of carbonyl (C=O) groups is 2. The Bertz CT molecular complexity index is 608. The molecule has 0 heterocycles. The molecule has 1 aromatic carbocycles. The zero-order valence-corrected chi connectivity index (χ0v) is 15.8. The van der Waals surface area contributed by atoms with Crippen molar-refractivity contribution in [3.63, 3.8) is 0 Å². The van der Waals surface area contributed by atoms with Crippen molar-refractivity contribution >= 4 is 12.2 Å². The number of ether oxygens (including phenoxy) is 2. The van der Waals surface area contributed by atoms with E-state index < -0.39 is 23.8 Å². The third kappa shape index (κ3) is 7.01. The topological polar surface area (TPSA) is 88.1 Å². The SMILES string of the molecule is Cc1cc([C@@H](CCO)NC(=O)OC(C)(C)C)ccc1OC(=O)N(C)C. The van der Waals surface area contributed by atoms with Gasteiger partial charge in [-0.3, -0.25) is 0 Å². The van der Waals surface area contributed by atoms with Crippen LogP contribution in [0.3, 0.4) is 0 Å². The fraction of sp³-hybridized carbons (Fsp3) is 0.556. The van der Waals surface area contributed by atoms with Crippen LogP contribution in [0.4, 0.5) is 9.59 Å². The summed E-state index contributed by atoms with van der Waals surface area (Å²) in [5.74, 6) is 0.447. The summed E-state index contributed by atoms with van der Waals surface area (Å²) in [6, 6.07) is 4.84. The number of aryl methyl sites for hydroxylation is 1. The highest BCUT2D eigenvalue weighted by molar-refractivity contribution is 5.70. The molecule has 0 saturated carbocycles. The summed E-state index contributed by atoms with van der Waals surface area (Å²) in [5.41, 5.74) is 0.942. The van der Waals surface area contributed by atoms with Gasteiger partial charge in [-0.1, -0.05) is 12.1 Å². The van der Waals surface area contributed by atoms with E-state index in [1.54, 1.807) is 47.0 Å². The molecule has 0 unspecified atom stereocenters. The molecule has 0 bridgehead atoms. The first kappa shape index (κ1) is 20.8. The number of nitrogens with one attached hydrogen (secondary N) is 1. The number of aliphatic hydroxyl groups excluding tert-OH is 1. The molecule has 0 saturated heterocycles. The highest BCUT2D eigenvalue weighted by Crippen LogP contribution is 2.25. The molecule has 0 fully saturated rings. The van der Waals surface area contributed by atoms with Gasteiger partial charge in [0.05, 0.1) is 6.04 Å². The molecule has 25 heavy (non-hydrogen) atoms. The molecule has 0 aliphatic heterocycles. The number of alkyl carbamates (subject to hydrolysis) is 1. The maximum Gasteiger partial charge on any atom is 0.414 e. The van der Waals surface area contributed by atoms with E-state index in [0.29, 0.717) is 12.2 Å². The molecule has 0 aliphatic rings. The molecular formula is C18H28N2O5. The third-order valence-electron chi connectivity index (χ3n) is 3.27. The van der Waals surface area contributed by atoms with Gasteiger partial charge in [-0.05, 0) is 51.3 Å². The Morgan fingerprint density at radius 3 is 2.40 bits per heavy atom. The number of benzene rings is 1. The lowest BCUT2D eigenvalue weighted by atomic mass is 10.0. The summed E-state index contributed by atoms with van der Waals surface area (Å²) >= 11 is 0. The Morgan fingerprint density at radius 1 is 1.28 bits per heavy atom. The number of hydrogen-bond acceptors (Lipinski definition) is 5. The summed E-state index contributed by atoms with van der Waals surface area (Å²) in [6.07, 6.45) is -0.670. The standard InChI is InChI=1S/C18H28N2O5/c1-12-11-13(7-8-15(12)24-17(23)20(5)6)14(9-10-21)19-16(22)25-18(2,3)4/h7-8,11,14,21H,9-10H2,1-6H3,(H,19,22)/t14-/m1/s1. The average molecular weight is 352 g/mol. The molecule has 0 spiro atoms. The lowest BCUT2D eigenvalue weighted by Crippen LogP contribution is -2.35. The maximum absolute atomic E-state index is 12.0. The third-order valence-corrected chi connectivity index (χ3v) is 3.27. The first-order chi connectivity index (χ1) is 11.5. The lowest BCUT2D eigenvalue weighted by molar-refractivity contribution is 0.0496. The Hall–Kier alpha value is -2.28. The van der Waals surface area contributed by atoms with Crippen LogP contribution in [-0.2, 0) is 4.74 Å². The minimum Gasteiger partial charge on any atom is -0.444 e. The molecule has 1 rings (SSSR count). The monoisotopic (exact) mass is 352 g/mol. The van der Waals surface area contributed by atoms with Crippen LogP contribution in [0.1, 0.15) is 44.4 Å². The molecule has 2 N–H and O–H groups in total. The van der Waals surface area contributed by atoms with Gasteiger partial charge in [0.1, 0.15) is 11.4 Å². The Kier molecular flexibility index (Phi) is 7.23. The fourth-order valence-electron chi connectivity index (χ4n) is 2.09. The van der Waals surface area contributed by atoms with Crippen molar-refractivity contribution in [3.8, 4) is 5.75 Å². The van der Waals surface area contributed by atoms with E-state index in [0.717, 1.165) is 11.1 Å². The van der Waals surface area contributed by atoms with Gasteiger partial charge < -0.3 is 24.8 Å². The van der Waals surface area contributed by atoms with E-state index in [-0.39, 0.29) is 6.61 Å². The molecule has 1 atom stereocenters. The number of amides is 2. The van der Waals surface area contributed by atoms with Crippen molar-refractivity contribution in [2.75, 3.05) is 20.7 Å². The summed E-state index contributed by atoms with van der Waals surface area (Å²) < 4.78 is 10.5. The van der Waals surface area contributed by atoms with Gasteiger partial charge in [-0.25, -0.2) is 9.59 Å². The van der Waals surface area contributed by atoms with Gasteiger partial charge in [0.15, 0.2) is 0 Å². The van der Waals surface area contributed by atoms with Crippen LogP contribution in [0.25, 0.3) is 0 Å². The summed E-state index contributed by atoms with van der Waals surface area (Å²) in [6.45, 7) is 7.07. The number of aliphatic hydroxyl groups is 1. The number of carbonyl (C=O) groups excluding carboxylic acids is 2. The quantitative estimate of drug-likeness (QED) is 0.850. The second-order valence-corrected chi connectivity index (χ2v) is 7.00. The van der Waals surface area contributed by atoms with E-state index in [1.165, 1.54) is 4.90 Å². The van der Waals surface area contributed by atoms with Gasteiger partial charge in [0.25, 0.3) is 0 Å². The zero-order valence-electron chi connectivity index (χ0n) is 15.8. The zero-order chi connectivity index (χ0) is 19.2. The maximum atomic E-state index is 12.0. The van der Waals surface area contributed by atoms with Crippen molar-refractivity contribution in [1.29, 1.82) is 0 Å². The van der Waals surface area contributed by atoms with Gasteiger partial charge in [0.2, 0.25) is 0 Å². The van der Waals surface area contributed by atoms with Crippen molar-refractivity contribution in [1.82, 2.24) is 10.2 Å². The minimum absolute atomic E-state index is 0.0864. The highest BCUT2D eigenvalue weighted by Gasteiger charge is 2.21. The second kappa shape index (κ2) is 8.71.